The second-order valence-corrected chi connectivity index (χ2v) is 11.7. The molecule has 11 nitrogen and oxygen atoms in total. The molecule has 1 saturated heterocycles. The number of nitrogen functional groups attached to an aromatic ring is 1. The third-order valence-electron chi connectivity index (χ3n) is 6.43. The number of carbonyl (C=O) groups is 1. The summed E-state index contributed by atoms with van der Waals surface area (Å²) < 4.78 is 7.35. The molecule has 0 unspecified atom stereocenters. The fourth-order valence-corrected chi connectivity index (χ4v) is 6.12. The number of hydrogen-bond donors (Lipinski definition) is 3. The summed E-state index contributed by atoms with van der Waals surface area (Å²) in [5.41, 5.74) is 8.38. The summed E-state index contributed by atoms with van der Waals surface area (Å²) in [6, 6.07) is 10.9. The summed E-state index contributed by atoms with van der Waals surface area (Å²) >= 11 is 3.13. The number of nitrogens with zero attached hydrogens (tertiary/aromatic N) is 6. The van der Waals surface area contributed by atoms with Gasteiger partial charge >= 0.3 is 0 Å². The van der Waals surface area contributed by atoms with Crippen molar-refractivity contribution in [3.05, 3.63) is 58.0 Å². The Kier molecular flexibility index (Phi) is 8.05. The average molecular weight is 579 g/mol. The number of carbonyl (C=O) groups excluding carboxylic acids is 1. The molecule has 4 N–H and O–H groups in total. The Morgan fingerprint density at radius 1 is 1.18 bits per heavy atom. The van der Waals surface area contributed by atoms with Gasteiger partial charge in [-0.25, -0.2) is 4.98 Å². The molecule has 208 valence electrons. The lowest BCUT2D eigenvalue weighted by atomic mass is 10.0. The zero-order chi connectivity index (χ0) is 28.4. The largest absolute Gasteiger partial charge is 0.507 e. The Morgan fingerprint density at radius 3 is 2.52 bits per heavy atom. The SMILES string of the molecule is Cc1ncc(CSc2nnc(-c3cc(C(=N)C(=O)N(C)C)c(N)cc3O)n2-c2ccc(N3CCOCC3)cc2)s1. The van der Waals surface area contributed by atoms with Gasteiger partial charge in [-0.15, -0.1) is 21.5 Å². The van der Waals surface area contributed by atoms with Gasteiger partial charge in [-0.2, -0.15) is 0 Å². The predicted molar refractivity (Wildman–Crippen MR) is 158 cm³/mol. The first kappa shape index (κ1) is 27.6. The van der Waals surface area contributed by atoms with Crippen molar-refractivity contribution in [2.24, 2.45) is 0 Å². The van der Waals surface area contributed by atoms with Gasteiger partial charge in [0.2, 0.25) is 0 Å². The van der Waals surface area contributed by atoms with Crippen molar-refractivity contribution in [1.82, 2.24) is 24.6 Å². The van der Waals surface area contributed by atoms with Crippen molar-refractivity contribution in [3.63, 3.8) is 0 Å². The summed E-state index contributed by atoms with van der Waals surface area (Å²) in [5.74, 6) is 0.390. The maximum absolute atomic E-state index is 12.5. The van der Waals surface area contributed by atoms with Gasteiger partial charge in [-0.1, -0.05) is 11.8 Å². The monoisotopic (exact) mass is 578 g/mol. The topological polar surface area (TPSA) is 146 Å². The number of rotatable bonds is 8. The number of likely N-dealkylation sites (N-methyl/N-ethyl adjacent to an activating group) is 1. The molecule has 40 heavy (non-hydrogen) atoms. The third kappa shape index (κ3) is 5.67. The molecular weight excluding hydrogens is 548 g/mol. The number of phenolic OH excluding ortho intramolecular Hbond substituents is 1. The van der Waals surface area contributed by atoms with Crippen LogP contribution in [0.25, 0.3) is 17.1 Å². The minimum absolute atomic E-state index is 0.123. The van der Waals surface area contributed by atoms with Gasteiger partial charge in [-0.05, 0) is 37.3 Å². The number of ether oxygens (including phenoxy) is 1. The fraction of sp³-hybridized carbons (Fsp3) is 0.296. The van der Waals surface area contributed by atoms with Gasteiger partial charge in [-0.3, -0.25) is 14.8 Å². The van der Waals surface area contributed by atoms with Crippen molar-refractivity contribution < 1.29 is 14.6 Å². The molecule has 0 aliphatic carbocycles. The molecule has 2 aromatic heterocycles. The number of hydrogen-bond acceptors (Lipinski definition) is 11. The van der Waals surface area contributed by atoms with Crippen LogP contribution in [0.3, 0.4) is 0 Å². The molecule has 1 aliphatic rings. The van der Waals surface area contributed by atoms with E-state index in [1.165, 1.54) is 28.8 Å². The zero-order valence-electron chi connectivity index (χ0n) is 22.4. The van der Waals surface area contributed by atoms with Crippen LogP contribution < -0.4 is 10.6 Å². The zero-order valence-corrected chi connectivity index (χ0v) is 24.1. The number of aryl methyl sites for hydroxylation is 1. The molecule has 5 rings (SSSR count). The number of amides is 1. The number of anilines is 2. The van der Waals surface area contributed by atoms with Crippen LogP contribution in [0.2, 0.25) is 0 Å². The quantitative estimate of drug-likeness (QED) is 0.162. The van der Waals surface area contributed by atoms with Crippen LogP contribution in [0.5, 0.6) is 5.75 Å². The average Bonchev–Trinajstić information content (AvgIpc) is 3.57. The van der Waals surface area contributed by atoms with Crippen molar-refractivity contribution in [1.29, 1.82) is 5.41 Å². The smallest absolute Gasteiger partial charge is 0.271 e. The molecule has 0 atom stereocenters. The summed E-state index contributed by atoms with van der Waals surface area (Å²) in [6.45, 7) is 5.01. The summed E-state index contributed by atoms with van der Waals surface area (Å²) in [4.78, 5) is 21.6. The van der Waals surface area contributed by atoms with E-state index in [2.05, 4.69) is 20.1 Å². The fourth-order valence-electron chi connectivity index (χ4n) is 4.35. The minimum Gasteiger partial charge on any atom is -0.507 e. The highest BCUT2D eigenvalue weighted by Gasteiger charge is 2.24. The van der Waals surface area contributed by atoms with Crippen LogP contribution in [0.1, 0.15) is 15.4 Å². The minimum atomic E-state index is -0.500. The number of phenols is 1. The molecule has 0 spiro atoms. The third-order valence-corrected chi connectivity index (χ3v) is 8.50. The van der Waals surface area contributed by atoms with Crippen LogP contribution in [-0.2, 0) is 15.3 Å². The standard InChI is InChI=1S/C27H30N8O3S2/c1-16-30-14-19(40-16)15-39-27-32-31-25(21-12-20(22(28)13-23(21)36)24(29)26(37)33(2)3)35(27)18-6-4-17(5-7-18)34-8-10-38-11-9-34/h4-7,12-14,29,36H,8-11,15,28H2,1-3H3. The second-order valence-electron chi connectivity index (χ2n) is 9.42. The number of thiazole rings is 1. The van der Waals surface area contributed by atoms with E-state index in [9.17, 15) is 9.90 Å². The van der Waals surface area contributed by atoms with Crippen LogP contribution in [0.4, 0.5) is 11.4 Å². The molecule has 1 aliphatic heterocycles. The molecular formula is C27H30N8O3S2. The summed E-state index contributed by atoms with van der Waals surface area (Å²) in [6.07, 6.45) is 1.86. The van der Waals surface area contributed by atoms with E-state index in [-0.39, 0.29) is 22.7 Å². The molecule has 3 heterocycles. The molecule has 4 aromatic rings. The molecule has 1 fully saturated rings. The maximum atomic E-state index is 12.5. The molecule has 13 heteroatoms. The van der Waals surface area contributed by atoms with E-state index < -0.39 is 5.91 Å². The predicted octanol–water partition coefficient (Wildman–Crippen LogP) is 3.57. The summed E-state index contributed by atoms with van der Waals surface area (Å²) in [5, 5.41) is 29.9. The molecule has 0 saturated carbocycles. The molecule has 1 amide bonds. The van der Waals surface area contributed by atoms with Gasteiger partial charge in [0.05, 0.1) is 23.8 Å². The molecule has 0 bridgehead atoms. The number of aromatic hydroxyl groups is 1. The van der Waals surface area contributed by atoms with E-state index in [1.807, 2.05) is 42.0 Å². The first-order valence-electron chi connectivity index (χ1n) is 12.6. The van der Waals surface area contributed by atoms with Gasteiger partial charge in [0.15, 0.2) is 11.0 Å². The lowest BCUT2D eigenvalue weighted by Crippen LogP contribution is -2.36. The van der Waals surface area contributed by atoms with E-state index in [1.54, 1.807) is 25.4 Å². The Balaban J connectivity index is 1.57. The number of morpholine rings is 1. The number of benzene rings is 2. The van der Waals surface area contributed by atoms with Gasteiger partial charge in [0.1, 0.15) is 11.5 Å². The second kappa shape index (κ2) is 11.7. The maximum Gasteiger partial charge on any atom is 0.271 e. The van der Waals surface area contributed by atoms with Crippen LogP contribution in [0, 0.1) is 12.3 Å². The van der Waals surface area contributed by atoms with Crippen LogP contribution in [0.15, 0.2) is 47.8 Å². The van der Waals surface area contributed by atoms with Crippen molar-refractivity contribution >= 4 is 46.1 Å². The highest BCUT2D eigenvalue weighted by molar-refractivity contribution is 7.98. The van der Waals surface area contributed by atoms with E-state index in [4.69, 9.17) is 15.9 Å². The molecule has 0 radical (unpaired) electrons. The lowest BCUT2D eigenvalue weighted by Gasteiger charge is -2.29. The van der Waals surface area contributed by atoms with Gasteiger partial charge in [0.25, 0.3) is 5.91 Å². The molecule has 2 aromatic carbocycles. The number of nitrogens with one attached hydrogen (secondary N) is 1. The van der Waals surface area contributed by atoms with Crippen LogP contribution in [-0.4, -0.2) is 81.8 Å². The first-order chi connectivity index (χ1) is 19.2. The Morgan fingerprint density at radius 2 is 1.88 bits per heavy atom. The number of aromatic nitrogens is 4. The lowest BCUT2D eigenvalue weighted by molar-refractivity contribution is -0.121. The van der Waals surface area contributed by atoms with Gasteiger partial charge in [0, 0.05) is 72.7 Å². The van der Waals surface area contributed by atoms with Crippen molar-refractivity contribution in [2.45, 2.75) is 17.8 Å². The van der Waals surface area contributed by atoms with Gasteiger partial charge < -0.3 is 25.4 Å². The number of thioether (sulfide) groups is 1. The Hall–Kier alpha value is -3.94. The highest BCUT2D eigenvalue weighted by Crippen LogP contribution is 2.37. The van der Waals surface area contributed by atoms with E-state index in [0.717, 1.165) is 34.3 Å². The van der Waals surface area contributed by atoms with E-state index >= 15 is 0 Å². The summed E-state index contributed by atoms with van der Waals surface area (Å²) in [7, 11) is 3.14. The highest BCUT2D eigenvalue weighted by atomic mass is 32.2. The normalized spacial score (nSPS) is 13.4. The Labute approximate surface area is 240 Å². The van der Waals surface area contributed by atoms with Crippen molar-refractivity contribution in [3.8, 4) is 22.8 Å². The van der Waals surface area contributed by atoms with Crippen LogP contribution >= 0.6 is 23.1 Å². The first-order valence-corrected chi connectivity index (χ1v) is 14.4. The Bertz CT molecular complexity index is 1540. The van der Waals surface area contributed by atoms with Crippen molar-refractivity contribution in [2.75, 3.05) is 51.0 Å². The number of nitrogens with two attached hydrogens (primary N) is 1. The van der Waals surface area contributed by atoms with E-state index in [0.29, 0.717) is 35.5 Å².